The molecule has 8 heteroatoms. The van der Waals surface area contributed by atoms with Gasteiger partial charge in [-0.3, -0.25) is 9.59 Å². The largest absolute Gasteiger partial charge is 0.505 e. The molecule has 0 rings (SSSR count). The molecule has 0 aromatic heterocycles. The first-order valence-electron chi connectivity index (χ1n) is 8.72. The highest BCUT2D eigenvalue weighted by molar-refractivity contribution is 6.63. The number of carbonyl (C=O) groups excluding carboxylic acids is 2. The van der Waals surface area contributed by atoms with Crippen LogP contribution >= 0.6 is 0 Å². The molecule has 0 N–H and O–H groups in total. The molecule has 0 amide bonds. The van der Waals surface area contributed by atoms with Gasteiger partial charge >= 0.3 is 20.7 Å². The van der Waals surface area contributed by atoms with Gasteiger partial charge in [0.1, 0.15) is 0 Å². The van der Waals surface area contributed by atoms with Crippen LogP contribution in [0.2, 0.25) is 5.54 Å². The van der Waals surface area contributed by atoms with Crippen molar-refractivity contribution in [3.05, 3.63) is 0 Å². The molecule has 24 heavy (non-hydrogen) atoms. The zero-order valence-corrected chi connectivity index (χ0v) is 16.8. The molecule has 0 aromatic rings. The average molecular weight is 365 g/mol. The van der Waals surface area contributed by atoms with Crippen LogP contribution in [0.25, 0.3) is 0 Å². The summed E-state index contributed by atoms with van der Waals surface area (Å²) >= 11 is 0. The molecule has 0 heterocycles. The van der Waals surface area contributed by atoms with E-state index in [1.165, 1.54) is 0 Å². The first-order chi connectivity index (χ1) is 11.5. The van der Waals surface area contributed by atoms with E-state index in [-0.39, 0.29) is 13.2 Å². The molecule has 1 unspecified atom stereocenters. The predicted octanol–water partition coefficient (Wildman–Crippen LogP) is 2.56. The van der Waals surface area contributed by atoms with E-state index in [2.05, 4.69) is 0 Å². The number of rotatable bonds is 13. The summed E-state index contributed by atoms with van der Waals surface area (Å²) in [7, 11) is -3.27. The molecular weight excluding hydrogens is 332 g/mol. The van der Waals surface area contributed by atoms with Crippen molar-refractivity contribution >= 4 is 20.7 Å². The van der Waals surface area contributed by atoms with Gasteiger partial charge in [0.15, 0.2) is 5.92 Å². The van der Waals surface area contributed by atoms with Crippen molar-refractivity contribution in [1.82, 2.24) is 0 Å². The smallest absolute Gasteiger partial charge is 0.465 e. The molecule has 1 atom stereocenters. The molecule has 142 valence electrons. The van der Waals surface area contributed by atoms with Crippen molar-refractivity contribution in [1.29, 1.82) is 0 Å². The van der Waals surface area contributed by atoms with E-state index in [1.54, 1.807) is 13.8 Å². The van der Waals surface area contributed by atoms with Crippen molar-refractivity contribution in [2.45, 2.75) is 53.5 Å². The maximum Gasteiger partial charge on any atom is 0.505 e. The Hall–Kier alpha value is -0.963. The van der Waals surface area contributed by atoms with E-state index in [1.807, 2.05) is 27.7 Å². The third kappa shape index (κ3) is 6.16. The van der Waals surface area contributed by atoms with Crippen LogP contribution in [0, 0.1) is 5.92 Å². The third-order valence-electron chi connectivity index (χ3n) is 3.41. The van der Waals surface area contributed by atoms with Crippen LogP contribution in [-0.4, -0.2) is 53.8 Å². The molecule has 0 aliphatic carbocycles. The Balaban J connectivity index is 5.89. The first kappa shape index (κ1) is 23.0. The second kappa shape index (κ2) is 12.4. The van der Waals surface area contributed by atoms with Gasteiger partial charge in [-0.25, -0.2) is 0 Å². The maximum absolute atomic E-state index is 12.5. The zero-order chi connectivity index (χ0) is 18.6. The summed E-state index contributed by atoms with van der Waals surface area (Å²) in [6.07, 6.45) is 0.467. The van der Waals surface area contributed by atoms with E-state index in [9.17, 15) is 9.59 Å². The molecule has 0 fully saturated rings. The summed E-state index contributed by atoms with van der Waals surface area (Å²) in [5.41, 5.74) is -0.560. The summed E-state index contributed by atoms with van der Waals surface area (Å²) < 4.78 is 27.8. The fraction of sp³-hybridized carbons (Fsp3) is 0.875. The molecule has 0 saturated heterocycles. The van der Waals surface area contributed by atoms with Crippen molar-refractivity contribution in [3.63, 3.8) is 0 Å². The van der Waals surface area contributed by atoms with Crippen LogP contribution < -0.4 is 0 Å². The molecule has 0 aliphatic rings. The van der Waals surface area contributed by atoms with Gasteiger partial charge in [-0.2, -0.15) is 0 Å². The second-order valence-electron chi connectivity index (χ2n) is 4.90. The van der Waals surface area contributed by atoms with E-state index >= 15 is 0 Å². The van der Waals surface area contributed by atoms with Crippen molar-refractivity contribution in [2.75, 3.05) is 33.0 Å². The van der Waals surface area contributed by atoms with Crippen molar-refractivity contribution < 1.29 is 32.3 Å². The molecule has 7 nitrogen and oxygen atoms in total. The summed E-state index contributed by atoms with van der Waals surface area (Å²) in [5, 5.41) is 0. The zero-order valence-electron chi connectivity index (χ0n) is 15.8. The van der Waals surface area contributed by atoms with E-state index < -0.39 is 32.2 Å². The second-order valence-corrected chi connectivity index (χ2v) is 7.71. The molecule has 0 spiro atoms. The third-order valence-corrected chi connectivity index (χ3v) is 7.14. The Labute approximate surface area is 146 Å². The summed E-state index contributed by atoms with van der Waals surface area (Å²) in [6, 6.07) is 0. The first-order valence-corrected chi connectivity index (χ1v) is 10.5. The highest BCUT2D eigenvalue weighted by Gasteiger charge is 2.56. The van der Waals surface area contributed by atoms with Gasteiger partial charge in [-0.15, -0.1) is 0 Å². The molecule has 0 saturated carbocycles. The Morgan fingerprint density at radius 2 is 1.08 bits per heavy atom. The topological polar surface area (TPSA) is 80.3 Å². The normalized spacial score (nSPS) is 13.0. The van der Waals surface area contributed by atoms with Crippen LogP contribution in [0.1, 0.15) is 48.0 Å². The van der Waals surface area contributed by atoms with Crippen molar-refractivity contribution in [3.8, 4) is 0 Å². The number of esters is 2. The predicted molar refractivity (Wildman–Crippen MR) is 91.4 cm³/mol. The van der Waals surface area contributed by atoms with Gasteiger partial charge in [0.05, 0.1) is 18.8 Å². The minimum absolute atomic E-state index is 0.178. The number of carbonyl (C=O) groups is 2. The van der Waals surface area contributed by atoms with Crippen LogP contribution in [0.15, 0.2) is 0 Å². The molecule has 0 aliphatic heterocycles. The quantitative estimate of drug-likeness (QED) is 0.282. The Bertz CT molecular complexity index is 340. The maximum atomic E-state index is 12.5. The van der Waals surface area contributed by atoms with Gasteiger partial charge in [0.2, 0.25) is 0 Å². The lowest BCUT2D eigenvalue weighted by Gasteiger charge is -2.37. The Morgan fingerprint density at radius 1 is 0.708 bits per heavy atom. The fourth-order valence-corrected chi connectivity index (χ4v) is 5.91. The standard InChI is InChI=1S/C16H32O7Si/c1-7-13(24(21-10-4,22-11-5)23-12-6)14(15(17)19-8-2)16(18)20-9-3/h13-14H,7-12H2,1-6H3. The van der Waals surface area contributed by atoms with Crippen LogP contribution in [0.3, 0.4) is 0 Å². The summed E-state index contributed by atoms with van der Waals surface area (Å²) in [5.74, 6) is -2.37. The monoisotopic (exact) mass is 364 g/mol. The lowest BCUT2D eigenvalue weighted by molar-refractivity contribution is -0.163. The molecular formula is C16H32O7Si. The number of ether oxygens (including phenoxy) is 2. The molecule has 0 aromatic carbocycles. The van der Waals surface area contributed by atoms with Gasteiger partial charge in [-0.1, -0.05) is 6.92 Å². The lowest BCUT2D eigenvalue weighted by Crippen LogP contribution is -2.55. The van der Waals surface area contributed by atoms with Crippen LogP contribution in [0.5, 0.6) is 0 Å². The van der Waals surface area contributed by atoms with E-state index in [0.717, 1.165) is 0 Å². The van der Waals surface area contributed by atoms with Gasteiger partial charge in [0.25, 0.3) is 0 Å². The van der Waals surface area contributed by atoms with Gasteiger partial charge in [-0.05, 0) is 41.0 Å². The Morgan fingerprint density at radius 3 is 1.33 bits per heavy atom. The molecule has 0 bridgehead atoms. The van der Waals surface area contributed by atoms with Crippen LogP contribution in [-0.2, 0) is 32.3 Å². The Kier molecular flexibility index (Phi) is 11.9. The minimum Gasteiger partial charge on any atom is -0.465 e. The minimum atomic E-state index is -3.27. The van der Waals surface area contributed by atoms with E-state index in [4.69, 9.17) is 22.8 Å². The van der Waals surface area contributed by atoms with Crippen molar-refractivity contribution in [2.24, 2.45) is 5.92 Å². The highest BCUT2D eigenvalue weighted by Crippen LogP contribution is 2.37. The van der Waals surface area contributed by atoms with E-state index in [0.29, 0.717) is 26.2 Å². The SMILES string of the molecule is CCOC(=O)C(C(=O)OCC)C(CC)[Si](OCC)(OCC)OCC. The average Bonchev–Trinajstić information content (AvgIpc) is 2.53. The molecule has 0 radical (unpaired) electrons. The fourth-order valence-electron chi connectivity index (χ4n) is 2.63. The highest BCUT2D eigenvalue weighted by atomic mass is 28.4. The number of hydrogen-bond acceptors (Lipinski definition) is 7. The summed E-state index contributed by atoms with van der Waals surface area (Å²) in [6.45, 7) is 12.2. The number of hydrogen-bond donors (Lipinski definition) is 0. The lowest BCUT2D eigenvalue weighted by atomic mass is 10.0. The van der Waals surface area contributed by atoms with Gasteiger partial charge < -0.3 is 22.8 Å². The van der Waals surface area contributed by atoms with Gasteiger partial charge in [0, 0.05) is 19.8 Å². The summed E-state index contributed by atoms with van der Waals surface area (Å²) in [4.78, 5) is 24.9. The van der Waals surface area contributed by atoms with Crippen LogP contribution in [0.4, 0.5) is 0 Å².